The van der Waals surface area contributed by atoms with E-state index in [4.69, 9.17) is 4.74 Å². The van der Waals surface area contributed by atoms with E-state index in [-0.39, 0.29) is 0 Å². The Morgan fingerprint density at radius 3 is 2.11 bits per heavy atom. The predicted molar refractivity (Wildman–Crippen MR) is 78.9 cm³/mol. The van der Waals surface area contributed by atoms with Gasteiger partial charge >= 0.3 is 0 Å². The van der Waals surface area contributed by atoms with Crippen molar-refractivity contribution in [1.29, 1.82) is 0 Å². The van der Waals surface area contributed by atoms with E-state index in [0.717, 1.165) is 19.1 Å². The van der Waals surface area contributed by atoms with E-state index >= 15 is 0 Å². The summed E-state index contributed by atoms with van der Waals surface area (Å²) in [6.07, 6.45) is 3.93. The van der Waals surface area contributed by atoms with E-state index in [1.54, 1.807) is 0 Å². The van der Waals surface area contributed by atoms with Crippen molar-refractivity contribution in [2.75, 3.05) is 26.3 Å². The Labute approximate surface area is 114 Å². The molecule has 2 heteroatoms. The molecule has 2 nitrogen and oxygen atoms in total. The number of rotatable bonds is 6. The molecule has 1 aliphatic rings. The first-order valence-electron chi connectivity index (χ1n) is 7.51. The molecule has 0 saturated carbocycles. The lowest BCUT2D eigenvalue weighted by molar-refractivity contribution is 0.00778. The van der Waals surface area contributed by atoms with Crippen molar-refractivity contribution in [2.24, 2.45) is 11.3 Å². The van der Waals surface area contributed by atoms with Gasteiger partial charge in [0.15, 0.2) is 0 Å². The monoisotopic (exact) mass is 255 g/mol. The van der Waals surface area contributed by atoms with Gasteiger partial charge in [-0.3, -0.25) is 4.90 Å². The Kier molecular flexibility index (Phi) is 5.67. The van der Waals surface area contributed by atoms with Crippen LogP contribution in [0.2, 0.25) is 0 Å². The van der Waals surface area contributed by atoms with Gasteiger partial charge < -0.3 is 4.74 Å². The molecule has 1 aliphatic heterocycles. The van der Waals surface area contributed by atoms with Gasteiger partial charge in [0.1, 0.15) is 0 Å². The minimum absolute atomic E-state index is 0.307. The molecule has 1 rings (SSSR count). The summed E-state index contributed by atoms with van der Waals surface area (Å²) in [5.41, 5.74) is 0.674. The summed E-state index contributed by atoms with van der Waals surface area (Å²) < 4.78 is 5.70. The lowest BCUT2D eigenvalue weighted by Crippen LogP contribution is -2.55. The SMILES string of the molecule is CC(C)(C)COCCCCC1CN(C(C)(C)C)C1. The molecule has 0 radical (unpaired) electrons. The van der Waals surface area contributed by atoms with Crippen molar-refractivity contribution in [2.45, 2.75) is 66.3 Å². The quantitative estimate of drug-likeness (QED) is 0.666. The lowest BCUT2D eigenvalue weighted by atomic mass is 9.89. The van der Waals surface area contributed by atoms with Crippen molar-refractivity contribution in [3.05, 3.63) is 0 Å². The van der Waals surface area contributed by atoms with E-state index < -0.39 is 0 Å². The largest absolute Gasteiger partial charge is 0.381 e. The van der Waals surface area contributed by atoms with Crippen LogP contribution in [0.4, 0.5) is 0 Å². The Morgan fingerprint density at radius 1 is 1.00 bits per heavy atom. The summed E-state index contributed by atoms with van der Waals surface area (Å²) in [4.78, 5) is 2.58. The van der Waals surface area contributed by atoms with Crippen LogP contribution >= 0.6 is 0 Å². The average molecular weight is 255 g/mol. The van der Waals surface area contributed by atoms with Gasteiger partial charge in [-0.1, -0.05) is 27.2 Å². The van der Waals surface area contributed by atoms with Crippen LogP contribution in [0.25, 0.3) is 0 Å². The molecule has 18 heavy (non-hydrogen) atoms. The van der Waals surface area contributed by atoms with Crippen LogP contribution in [0.3, 0.4) is 0 Å². The van der Waals surface area contributed by atoms with Crippen molar-refractivity contribution >= 4 is 0 Å². The fourth-order valence-electron chi connectivity index (χ4n) is 2.32. The van der Waals surface area contributed by atoms with Gasteiger partial charge in [0.25, 0.3) is 0 Å². The van der Waals surface area contributed by atoms with E-state index in [9.17, 15) is 0 Å². The fraction of sp³-hybridized carbons (Fsp3) is 1.00. The molecule has 1 saturated heterocycles. The molecular formula is C16H33NO. The minimum Gasteiger partial charge on any atom is -0.381 e. The summed E-state index contributed by atoms with van der Waals surface area (Å²) in [6, 6.07) is 0. The Morgan fingerprint density at radius 2 is 1.61 bits per heavy atom. The first kappa shape index (κ1) is 16.0. The van der Waals surface area contributed by atoms with Gasteiger partial charge in [-0.05, 0) is 44.9 Å². The lowest BCUT2D eigenvalue weighted by Gasteiger charge is -2.48. The normalized spacial score (nSPS) is 19.0. The third kappa shape index (κ3) is 6.19. The number of ether oxygens (including phenoxy) is 1. The third-order valence-electron chi connectivity index (χ3n) is 3.59. The van der Waals surface area contributed by atoms with Crippen molar-refractivity contribution in [3.8, 4) is 0 Å². The van der Waals surface area contributed by atoms with E-state index in [1.807, 2.05) is 0 Å². The molecule has 0 N–H and O–H groups in total. The summed E-state index contributed by atoms with van der Waals surface area (Å²) in [5.74, 6) is 0.937. The zero-order chi connectivity index (χ0) is 13.8. The summed E-state index contributed by atoms with van der Waals surface area (Å²) in [7, 11) is 0. The maximum Gasteiger partial charge on any atom is 0.0514 e. The first-order valence-corrected chi connectivity index (χ1v) is 7.51. The number of nitrogens with zero attached hydrogens (tertiary/aromatic N) is 1. The van der Waals surface area contributed by atoms with Crippen LogP contribution in [-0.2, 0) is 4.74 Å². The summed E-state index contributed by atoms with van der Waals surface area (Å²) in [6.45, 7) is 18.0. The molecule has 1 fully saturated rings. The summed E-state index contributed by atoms with van der Waals surface area (Å²) in [5, 5.41) is 0. The van der Waals surface area contributed by atoms with E-state index in [2.05, 4.69) is 46.4 Å². The van der Waals surface area contributed by atoms with E-state index in [0.29, 0.717) is 11.0 Å². The maximum absolute atomic E-state index is 5.70. The molecule has 0 bridgehead atoms. The topological polar surface area (TPSA) is 12.5 Å². The summed E-state index contributed by atoms with van der Waals surface area (Å²) >= 11 is 0. The molecular weight excluding hydrogens is 222 g/mol. The number of likely N-dealkylation sites (tertiary alicyclic amines) is 1. The van der Waals surface area contributed by atoms with Crippen molar-refractivity contribution < 1.29 is 4.74 Å². The highest BCUT2D eigenvalue weighted by molar-refractivity contribution is 4.88. The van der Waals surface area contributed by atoms with Gasteiger partial charge in [-0.2, -0.15) is 0 Å². The second kappa shape index (κ2) is 6.38. The van der Waals surface area contributed by atoms with Crippen LogP contribution in [-0.4, -0.2) is 36.7 Å². The molecule has 0 aromatic carbocycles. The standard InChI is InChI=1S/C16H33NO/c1-15(2,3)13-18-10-8-7-9-14-11-17(12-14)16(4,5)6/h14H,7-13H2,1-6H3. The van der Waals surface area contributed by atoms with Crippen molar-refractivity contribution in [1.82, 2.24) is 4.90 Å². The zero-order valence-electron chi connectivity index (χ0n) is 13.4. The van der Waals surface area contributed by atoms with Gasteiger partial charge in [-0.15, -0.1) is 0 Å². The van der Waals surface area contributed by atoms with Crippen LogP contribution in [0.15, 0.2) is 0 Å². The number of unbranched alkanes of at least 4 members (excludes halogenated alkanes) is 1. The van der Waals surface area contributed by atoms with Gasteiger partial charge in [-0.25, -0.2) is 0 Å². The Hall–Kier alpha value is -0.0800. The highest BCUT2D eigenvalue weighted by atomic mass is 16.5. The van der Waals surface area contributed by atoms with Crippen LogP contribution in [0.1, 0.15) is 60.8 Å². The second-order valence-electron chi connectivity index (χ2n) is 8.05. The smallest absolute Gasteiger partial charge is 0.0514 e. The molecule has 0 spiro atoms. The predicted octanol–water partition coefficient (Wildman–Crippen LogP) is 3.95. The van der Waals surface area contributed by atoms with Crippen LogP contribution < -0.4 is 0 Å². The average Bonchev–Trinajstić information content (AvgIpc) is 2.09. The Balaban J connectivity index is 1.92. The fourth-order valence-corrected chi connectivity index (χ4v) is 2.32. The molecule has 0 aliphatic carbocycles. The first-order chi connectivity index (χ1) is 8.18. The molecule has 0 amide bonds. The number of hydrogen-bond donors (Lipinski definition) is 0. The van der Waals surface area contributed by atoms with Crippen molar-refractivity contribution in [3.63, 3.8) is 0 Å². The van der Waals surface area contributed by atoms with Gasteiger partial charge in [0.2, 0.25) is 0 Å². The van der Waals surface area contributed by atoms with E-state index in [1.165, 1.54) is 32.4 Å². The Bertz CT molecular complexity index is 230. The molecule has 0 aromatic rings. The van der Waals surface area contributed by atoms with Gasteiger partial charge in [0, 0.05) is 25.2 Å². The molecule has 108 valence electrons. The van der Waals surface area contributed by atoms with Crippen LogP contribution in [0, 0.1) is 11.3 Å². The molecule has 0 aromatic heterocycles. The highest BCUT2D eigenvalue weighted by Crippen LogP contribution is 2.28. The second-order valence-corrected chi connectivity index (χ2v) is 8.05. The molecule has 0 atom stereocenters. The third-order valence-corrected chi connectivity index (χ3v) is 3.59. The highest BCUT2D eigenvalue weighted by Gasteiger charge is 2.33. The van der Waals surface area contributed by atoms with Gasteiger partial charge in [0.05, 0.1) is 6.61 Å². The van der Waals surface area contributed by atoms with Crippen LogP contribution in [0.5, 0.6) is 0 Å². The maximum atomic E-state index is 5.70. The molecule has 1 heterocycles. The number of hydrogen-bond acceptors (Lipinski definition) is 2. The zero-order valence-corrected chi connectivity index (χ0v) is 13.4. The minimum atomic E-state index is 0.307. The molecule has 0 unspecified atom stereocenters.